The van der Waals surface area contributed by atoms with Crippen LogP contribution in [0.4, 0.5) is 9.18 Å². The quantitative estimate of drug-likeness (QED) is 0.861. The Hall–Kier alpha value is -1.91. The Bertz CT molecular complexity index is 565. The third kappa shape index (κ3) is 4.55. The standard InChI is InChI=1S/C17H22FNO3/c1-17(2,3)22-16(21)19-8-7-13(11-19)15(20)10-12-5-4-6-14(18)9-12/h4-6,9,13H,7-8,10-11H2,1-3H3. The van der Waals surface area contributed by atoms with Gasteiger partial charge in [-0.3, -0.25) is 4.79 Å². The number of ether oxygens (including phenoxy) is 1. The predicted octanol–water partition coefficient (Wildman–Crippen LogP) is 3.19. The second-order valence-electron chi connectivity index (χ2n) is 6.68. The maximum absolute atomic E-state index is 13.1. The molecule has 0 bridgehead atoms. The molecule has 1 unspecified atom stereocenters. The van der Waals surface area contributed by atoms with Gasteiger partial charge in [-0.2, -0.15) is 0 Å². The van der Waals surface area contributed by atoms with Crippen molar-refractivity contribution in [1.82, 2.24) is 4.90 Å². The van der Waals surface area contributed by atoms with Crippen LogP contribution in [0.25, 0.3) is 0 Å². The molecule has 0 saturated carbocycles. The first-order chi connectivity index (χ1) is 10.2. The molecule has 0 N–H and O–H groups in total. The number of carbonyl (C=O) groups is 2. The average molecular weight is 307 g/mol. The molecular formula is C17H22FNO3. The van der Waals surface area contributed by atoms with Crippen molar-refractivity contribution in [3.63, 3.8) is 0 Å². The van der Waals surface area contributed by atoms with Gasteiger partial charge < -0.3 is 9.64 Å². The summed E-state index contributed by atoms with van der Waals surface area (Å²) >= 11 is 0. The minimum absolute atomic E-state index is 0.0386. The van der Waals surface area contributed by atoms with Crippen molar-refractivity contribution in [3.8, 4) is 0 Å². The molecule has 1 amide bonds. The SMILES string of the molecule is CC(C)(C)OC(=O)N1CCC(C(=O)Cc2cccc(F)c2)C1. The van der Waals surface area contributed by atoms with Crippen molar-refractivity contribution >= 4 is 11.9 Å². The van der Waals surface area contributed by atoms with E-state index in [9.17, 15) is 14.0 Å². The lowest BCUT2D eigenvalue weighted by molar-refractivity contribution is -0.121. The summed E-state index contributed by atoms with van der Waals surface area (Å²) in [6.45, 7) is 6.34. The Morgan fingerprint density at radius 2 is 2.09 bits per heavy atom. The summed E-state index contributed by atoms with van der Waals surface area (Å²) in [5.41, 5.74) is 0.126. The molecule has 0 aliphatic carbocycles. The van der Waals surface area contributed by atoms with E-state index in [1.807, 2.05) is 20.8 Å². The molecule has 1 heterocycles. The van der Waals surface area contributed by atoms with Crippen molar-refractivity contribution in [2.24, 2.45) is 5.92 Å². The van der Waals surface area contributed by atoms with Gasteiger partial charge in [-0.25, -0.2) is 9.18 Å². The molecule has 2 rings (SSSR count). The maximum Gasteiger partial charge on any atom is 0.410 e. The van der Waals surface area contributed by atoms with E-state index in [1.54, 1.807) is 17.0 Å². The summed E-state index contributed by atoms with van der Waals surface area (Å²) in [4.78, 5) is 25.8. The normalized spacial score (nSPS) is 18.4. The van der Waals surface area contributed by atoms with E-state index < -0.39 is 5.60 Å². The number of nitrogens with zero attached hydrogens (tertiary/aromatic N) is 1. The highest BCUT2D eigenvalue weighted by Gasteiger charge is 2.33. The summed E-state index contributed by atoms with van der Waals surface area (Å²) in [7, 11) is 0. The second-order valence-corrected chi connectivity index (χ2v) is 6.68. The van der Waals surface area contributed by atoms with Gasteiger partial charge in [0.1, 0.15) is 17.2 Å². The highest BCUT2D eigenvalue weighted by Crippen LogP contribution is 2.21. The van der Waals surface area contributed by atoms with Gasteiger partial charge in [0.25, 0.3) is 0 Å². The lowest BCUT2D eigenvalue weighted by Crippen LogP contribution is -2.36. The van der Waals surface area contributed by atoms with E-state index in [2.05, 4.69) is 0 Å². The van der Waals surface area contributed by atoms with E-state index >= 15 is 0 Å². The fourth-order valence-corrected chi connectivity index (χ4v) is 2.51. The second kappa shape index (κ2) is 6.46. The highest BCUT2D eigenvalue weighted by molar-refractivity contribution is 5.84. The van der Waals surface area contributed by atoms with E-state index in [0.29, 0.717) is 25.1 Å². The number of hydrogen-bond donors (Lipinski definition) is 0. The Morgan fingerprint density at radius 3 is 2.73 bits per heavy atom. The largest absolute Gasteiger partial charge is 0.444 e. The number of carbonyl (C=O) groups excluding carboxylic acids is 2. The van der Waals surface area contributed by atoms with Crippen LogP contribution in [0, 0.1) is 11.7 Å². The first kappa shape index (κ1) is 16.5. The molecule has 1 atom stereocenters. The van der Waals surface area contributed by atoms with Gasteiger partial charge in [-0.05, 0) is 44.9 Å². The van der Waals surface area contributed by atoms with Crippen LogP contribution < -0.4 is 0 Å². The van der Waals surface area contributed by atoms with Crippen molar-refractivity contribution in [1.29, 1.82) is 0 Å². The Morgan fingerprint density at radius 1 is 1.36 bits per heavy atom. The molecule has 1 fully saturated rings. The van der Waals surface area contributed by atoms with Crippen molar-refractivity contribution < 1.29 is 18.7 Å². The molecule has 0 spiro atoms. The van der Waals surface area contributed by atoms with Gasteiger partial charge in [0.05, 0.1) is 0 Å². The minimum Gasteiger partial charge on any atom is -0.444 e. The molecule has 5 heteroatoms. The van der Waals surface area contributed by atoms with Gasteiger partial charge in [-0.1, -0.05) is 12.1 Å². The number of hydrogen-bond acceptors (Lipinski definition) is 3. The molecule has 120 valence electrons. The van der Waals surface area contributed by atoms with E-state index in [1.165, 1.54) is 12.1 Å². The van der Waals surface area contributed by atoms with Crippen LogP contribution in [0.15, 0.2) is 24.3 Å². The third-order valence-electron chi connectivity index (χ3n) is 3.56. The van der Waals surface area contributed by atoms with Crippen molar-refractivity contribution in [2.45, 2.75) is 39.2 Å². The Labute approximate surface area is 130 Å². The van der Waals surface area contributed by atoms with Crippen LogP contribution in [0.1, 0.15) is 32.8 Å². The number of ketones is 1. The molecule has 0 aromatic heterocycles. The summed E-state index contributed by atoms with van der Waals surface area (Å²) in [6.07, 6.45) is 0.450. The van der Waals surface area contributed by atoms with E-state index in [0.717, 1.165) is 0 Å². The van der Waals surface area contributed by atoms with Crippen LogP contribution in [0.2, 0.25) is 0 Å². The van der Waals surface area contributed by atoms with Gasteiger partial charge in [0, 0.05) is 25.4 Å². The fraction of sp³-hybridized carbons (Fsp3) is 0.529. The molecular weight excluding hydrogens is 285 g/mol. The Kier molecular flexibility index (Phi) is 4.84. The van der Waals surface area contributed by atoms with Crippen LogP contribution in [0.5, 0.6) is 0 Å². The van der Waals surface area contributed by atoms with Gasteiger partial charge in [0.2, 0.25) is 0 Å². The molecule has 1 aromatic carbocycles. The van der Waals surface area contributed by atoms with E-state index in [4.69, 9.17) is 4.74 Å². The lowest BCUT2D eigenvalue weighted by Gasteiger charge is -2.24. The summed E-state index contributed by atoms with van der Waals surface area (Å²) in [5, 5.41) is 0. The third-order valence-corrected chi connectivity index (χ3v) is 3.56. The first-order valence-electron chi connectivity index (χ1n) is 7.50. The summed E-state index contributed by atoms with van der Waals surface area (Å²) in [6, 6.07) is 6.06. The predicted molar refractivity (Wildman–Crippen MR) is 81.0 cm³/mol. The number of amides is 1. The number of benzene rings is 1. The van der Waals surface area contributed by atoms with Gasteiger partial charge >= 0.3 is 6.09 Å². The molecule has 0 radical (unpaired) electrons. The Balaban J connectivity index is 1.90. The number of rotatable bonds is 3. The smallest absolute Gasteiger partial charge is 0.410 e. The van der Waals surface area contributed by atoms with Crippen molar-refractivity contribution in [3.05, 3.63) is 35.6 Å². The zero-order valence-corrected chi connectivity index (χ0v) is 13.3. The molecule has 1 aromatic rings. The molecule has 1 saturated heterocycles. The van der Waals surface area contributed by atoms with Crippen LogP contribution >= 0.6 is 0 Å². The molecule has 1 aliphatic heterocycles. The molecule has 4 nitrogen and oxygen atoms in total. The average Bonchev–Trinajstić information content (AvgIpc) is 2.86. The monoisotopic (exact) mass is 307 g/mol. The fourth-order valence-electron chi connectivity index (χ4n) is 2.51. The summed E-state index contributed by atoms with van der Waals surface area (Å²) < 4.78 is 18.4. The van der Waals surface area contributed by atoms with E-state index in [-0.39, 0.29) is 30.0 Å². The number of likely N-dealkylation sites (tertiary alicyclic amines) is 1. The minimum atomic E-state index is -0.541. The van der Waals surface area contributed by atoms with Crippen LogP contribution in [-0.4, -0.2) is 35.5 Å². The first-order valence-corrected chi connectivity index (χ1v) is 7.50. The highest BCUT2D eigenvalue weighted by atomic mass is 19.1. The van der Waals surface area contributed by atoms with Crippen LogP contribution in [0.3, 0.4) is 0 Å². The zero-order chi connectivity index (χ0) is 16.3. The van der Waals surface area contributed by atoms with Gasteiger partial charge in [0.15, 0.2) is 0 Å². The topological polar surface area (TPSA) is 46.6 Å². The molecule has 1 aliphatic rings. The number of Topliss-reactive ketones (excluding diaryl/α,β-unsaturated/α-hetero) is 1. The summed E-state index contributed by atoms with van der Waals surface area (Å²) in [5.74, 6) is -0.500. The lowest BCUT2D eigenvalue weighted by atomic mass is 9.97. The number of halogens is 1. The van der Waals surface area contributed by atoms with Crippen LogP contribution in [-0.2, 0) is 16.0 Å². The maximum atomic E-state index is 13.1. The van der Waals surface area contributed by atoms with Gasteiger partial charge in [-0.15, -0.1) is 0 Å². The zero-order valence-electron chi connectivity index (χ0n) is 13.3. The van der Waals surface area contributed by atoms with Crippen molar-refractivity contribution in [2.75, 3.05) is 13.1 Å². The molecule has 22 heavy (non-hydrogen) atoms.